The molecule has 6 rings (SSSR count). The number of halogens is 1. The van der Waals surface area contributed by atoms with Crippen molar-refractivity contribution in [3.8, 4) is 17.2 Å². The highest BCUT2D eigenvalue weighted by Crippen LogP contribution is 2.51. The molecule has 2 aliphatic rings. The molecule has 46 heavy (non-hydrogen) atoms. The topological polar surface area (TPSA) is 148 Å². The average Bonchev–Trinajstić information content (AvgIpc) is 3.69. The number of methoxy groups -OCH3 is 2. The van der Waals surface area contributed by atoms with Gasteiger partial charge in [-0.1, -0.05) is 35.9 Å². The number of carbonyl (C=O) groups excluding carboxylic acids is 3. The molecular weight excluding hydrogens is 616 g/mol. The van der Waals surface area contributed by atoms with Crippen LogP contribution in [0.25, 0.3) is 11.0 Å². The number of ether oxygens (including phenoxy) is 3. The van der Waals surface area contributed by atoms with E-state index < -0.39 is 36.0 Å². The first-order valence-electron chi connectivity index (χ1n) is 14.5. The zero-order valence-corrected chi connectivity index (χ0v) is 25.7. The first-order valence-corrected chi connectivity index (χ1v) is 14.9. The molecule has 0 unspecified atom stereocenters. The molecule has 238 valence electrons. The third-order valence-corrected chi connectivity index (χ3v) is 8.49. The van der Waals surface area contributed by atoms with Crippen molar-refractivity contribution in [1.29, 1.82) is 0 Å². The first kappa shape index (κ1) is 31.2. The number of nitrogens with one attached hydrogen (secondary N) is 1. The fourth-order valence-electron chi connectivity index (χ4n) is 6.10. The number of carbonyl (C=O) groups is 3. The summed E-state index contributed by atoms with van der Waals surface area (Å²) in [5.41, 5.74) is 2.06. The Morgan fingerprint density at radius 3 is 2.52 bits per heavy atom. The third-order valence-electron chi connectivity index (χ3n) is 8.24. The molecule has 0 radical (unpaired) electrons. The largest absolute Gasteiger partial charge is 0.493 e. The van der Waals surface area contributed by atoms with E-state index >= 15 is 0 Å². The zero-order valence-electron chi connectivity index (χ0n) is 24.9. The molecule has 1 aromatic heterocycles. The number of fused-ring (bicyclic) bond motifs is 4. The van der Waals surface area contributed by atoms with Crippen molar-refractivity contribution in [2.24, 2.45) is 0 Å². The minimum Gasteiger partial charge on any atom is -0.493 e. The molecule has 2 amide bonds. The summed E-state index contributed by atoms with van der Waals surface area (Å²) < 4.78 is 23.2. The lowest BCUT2D eigenvalue weighted by molar-refractivity contribution is -0.118. The van der Waals surface area contributed by atoms with Crippen molar-refractivity contribution >= 4 is 40.7 Å². The van der Waals surface area contributed by atoms with Crippen LogP contribution in [0.4, 0.5) is 0 Å². The van der Waals surface area contributed by atoms with E-state index in [0.717, 1.165) is 0 Å². The molecule has 11 nitrogen and oxygen atoms in total. The molecule has 0 fully saturated rings. The van der Waals surface area contributed by atoms with Crippen LogP contribution in [0.15, 0.2) is 76.7 Å². The summed E-state index contributed by atoms with van der Waals surface area (Å²) in [5.74, 6) is -0.905. The summed E-state index contributed by atoms with van der Waals surface area (Å²) in [6, 6.07) is 15.8. The van der Waals surface area contributed by atoms with E-state index in [9.17, 15) is 24.6 Å². The number of aliphatic hydroxyl groups is 2. The first-order chi connectivity index (χ1) is 22.3. The number of benzene rings is 3. The van der Waals surface area contributed by atoms with Gasteiger partial charge in [0.2, 0.25) is 5.91 Å². The standard InChI is InChI=1S/C34H31ClN2O9/c1-43-25-5-3-4-20-14-27(45-30(20)25)34(42)37(16-18-6-8-21(35)9-7-18)24-15-23(33(41)36-10-11-38)28-22-12-19(17-39)13-26(44-2)31(22)46-32(28)29(24)40/h3-9,12-15,17,24,28-29,32,38,40H,10-11,16H2,1-2H3,(H,36,41)/t24-,28+,29+,32+/m1/s1. The van der Waals surface area contributed by atoms with Crippen LogP contribution >= 0.6 is 11.6 Å². The molecule has 4 atom stereocenters. The van der Waals surface area contributed by atoms with Crippen LogP contribution in [-0.2, 0) is 11.3 Å². The highest BCUT2D eigenvalue weighted by atomic mass is 35.5. The van der Waals surface area contributed by atoms with Gasteiger partial charge in [-0.15, -0.1) is 0 Å². The van der Waals surface area contributed by atoms with E-state index in [4.69, 9.17) is 30.2 Å². The second kappa shape index (κ2) is 12.9. The quantitative estimate of drug-likeness (QED) is 0.218. The van der Waals surface area contributed by atoms with E-state index in [1.165, 1.54) is 31.3 Å². The number of hydrogen-bond donors (Lipinski definition) is 3. The number of nitrogens with zero attached hydrogens (tertiary/aromatic N) is 1. The highest BCUT2D eigenvalue weighted by Gasteiger charge is 2.51. The molecule has 1 aliphatic carbocycles. The van der Waals surface area contributed by atoms with Crippen molar-refractivity contribution in [3.63, 3.8) is 0 Å². The lowest BCUT2D eigenvalue weighted by Gasteiger charge is -2.40. The summed E-state index contributed by atoms with van der Waals surface area (Å²) in [4.78, 5) is 41.2. The van der Waals surface area contributed by atoms with E-state index in [-0.39, 0.29) is 42.5 Å². The number of aldehydes is 1. The third kappa shape index (κ3) is 5.57. The predicted molar refractivity (Wildman–Crippen MR) is 168 cm³/mol. The number of rotatable bonds is 10. The molecule has 0 saturated carbocycles. The molecule has 3 aromatic carbocycles. The van der Waals surface area contributed by atoms with Crippen LogP contribution in [0.1, 0.15) is 38.0 Å². The Hall–Kier alpha value is -4.84. The SMILES string of the molecule is COc1cc(C=O)cc2c1O[C@@H]1[C@@H](O)[C@H](N(Cc3ccc(Cl)cc3)C(=O)c3cc4cccc(OC)c4o3)C=C(C(=O)NCCO)[C@H]21. The van der Waals surface area contributed by atoms with Gasteiger partial charge in [0.05, 0.1) is 32.8 Å². The molecule has 2 heterocycles. The number of amides is 2. The van der Waals surface area contributed by atoms with Gasteiger partial charge in [0.1, 0.15) is 18.5 Å². The number of aliphatic hydroxyl groups excluding tert-OH is 2. The Morgan fingerprint density at radius 2 is 1.83 bits per heavy atom. The predicted octanol–water partition coefficient (Wildman–Crippen LogP) is 3.88. The van der Waals surface area contributed by atoms with Crippen LogP contribution < -0.4 is 19.5 Å². The summed E-state index contributed by atoms with van der Waals surface area (Å²) in [5, 5.41) is 25.2. The van der Waals surface area contributed by atoms with Crippen molar-refractivity contribution in [2.75, 3.05) is 27.4 Å². The molecule has 12 heteroatoms. The number of hydrogen-bond acceptors (Lipinski definition) is 9. The molecular formula is C34H31ClN2O9. The van der Waals surface area contributed by atoms with Gasteiger partial charge >= 0.3 is 0 Å². The smallest absolute Gasteiger partial charge is 0.290 e. The van der Waals surface area contributed by atoms with E-state index in [1.54, 1.807) is 54.6 Å². The van der Waals surface area contributed by atoms with Gasteiger partial charge < -0.3 is 39.1 Å². The van der Waals surface area contributed by atoms with Gasteiger partial charge in [-0.2, -0.15) is 0 Å². The van der Waals surface area contributed by atoms with Gasteiger partial charge in [-0.3, -0.25) is 14.4 Å². The molecule has 1 aliphatic heterocycles. The van der Waals surface area contributed by atoms with Gasteiger partial charge in [-0.05, 0) is 48.0 Å². The summed E-state index contributed by atoms with van der Waals surface area (Å²) in [7, 11) is 2.93. The van der Waals surface area contributed by atoms with E-state index in [1.807, 2.05) is 0 Å². The van der Waals surface area contributed by atoms with Gasteiger partial charge in [0.15, 0.2) is 28.6 Å². The zero-order chi connectivity index (χ0) is 32.5. The van der Waals surface area contributed by atoms with Crippen LogP contribution in [-0.4, -0.2) is 78.8 Å². The van der Waals surface area contributed by atoms with Gasteiger partial charge in [0, 0.05) is 40.2 Å². The number of furan rings is 1. The Morgan fingerprint density at radius 1 is 1.07 bits per heavy atom. The van der Waals surface area contributed by atoms with E-state index in [2.05, 4.69) is 5.32 Å². The van der Waals surface area contributed by atoms with Crippen molar-refractivity contribution in [3.05, 3.63) is 99.8 Å². The molecule has 0 saturated heterocycles. The molecule has 3 N–H and O–H groups in total. The van der Waals surface area contributed by atoms with Crippen molar-refractivity contribution in [1.82, 2.24) is 10.2 Å². The van der Waals surface area contributed by atoms with Crippen molar-refractivity contribution < 1.29 is 43.2 Å². The molecule has 0 bridgehead atoms. The van der Waals surface area contributed by atoms with Crippen LogP contribution in [0.5, 0.6) is 17.2 Å². The Labute approximate surface area is 268 Å². The Balaban J connectivity index is 1.48. The Kier molecular flexibility index (Phi) is 8.72. The highest BCUT2D eigenvalue weighted by molar-refractivity contribution is 6.30. The minimum atomic E-state index is -1.34. The van der Waals surface area contributed by atoms with Gasteiger partial charge in [-0.25, -0.2) is 0 Å². The van der Waals surface area contributed by atoms with Crippen molar-refractivity contribution in [2.45, 2.75) is 30.7 Å². The summed E-state index contributed by atoms with van der Waals surface area (Å²) in [6.07, 6.45) is -0.186. The summed E-state index contributed by atoms with van der Waals surface area (Å²) >= 11 is 6.13. The monoisotopic (exact) mass is 646 g/mol. The fourth-order valence-corrected chi connectivity index (χ4v) is 6.23. The lowest BCUT2D eigenvalue weighted by atomic mass is 9.77. The lowest BCUT2D eigenvalue weighted by Crippen LogP contribution is -2.55. The average molecular weight is 647 g/mol. The van der Waals surface area contributed by atoms with Crippen LogP contribution in [0, 0.1) is 0 Å². The normalized spacial score (nSPS) is 19.8. The second-order valence-electron chi connectivity index (χ2n) is 11.0. The number of para-hydroxylation sites is 1. The second-order valence-corrected chi connectivity index (χ2v) is 11.4. The van der Waals surface area contributed by atoms with Crippen LogP contribution in [0.2, 0.25) is 5.02 Å². The minimum absolute atomic E-state index is 0.00427. The fraction of sp³-hybridized carbons (Fsp3) is 0.265. The van der Waals surface area contributed by atoms with Gasteiger partial charge in [0.25, 0.3) is 5.91 Å². The molecule has 4 aromatic rings. The maximum atomic E-state index is 14.4. The maximum absolute atomic E-state index is 14.4. The van der Waals surface area contributed by atoms with E-state index in [0.29, 0.717) is 44.7 Å². The van der Waals surface area contributed by atoms with Crippen LogP contribution in [0.3, 0.4) is 0 Å². The summed E-state index contributed by atoms with van der Waals surface area (Å²) in [6.45, 7) is -0.316. The Bertz CT molecular complexity index is 1830. The molecule has 0 spiro atoms. The maximum Gasteiger partial charge on any atom is 0.290 e.